The molecule has 7 nitrogen and oxygen atoms in total. The third-order valence-corrected chi connectivity index (χ3v) is 4.04. The van der Waals surface area contributed by atoms with E-state index in [2.05, 4.69) is 10.3 Å². The number of hydrogen-bond donors (Lipinski definition) is 2. The van der Waals surface area contributed by atoms with Gasteiger partial charge in [0.1, 0.15) is 6.04 Å². The maximum Gasteiger partial charge on any atom is 0.326 e. The topological polar surface area (TPSA) is 99.6 Å². The van der Waals surface area contributed by atoms with Gasteiger partial charge < -0.3 is 15.3 Å². The summed E-state index contributed by atoms with van der Waals surface area (Å²) in [5.74, 6) is -1.98. The van der Waals surface area contributed by atoms with Gasteiger partial charge in [0.15, 0.2) is 0 Å². The number of carboxylic acid groups (broad SMARTS) is 1. The average molecular weight is 331 g/mol. The van der Waals surface area contributed by atoms with Crippen LogP contribution in [0.1, 0.15) is 25.3 Å². The maximum atomic E-state index is 12.2. The summed E-state index contributed by atoms with van der Waals surface area (Å²) in [6, 6.07) is 2.76. The van der Waals surface area contributed by atoms with Crippen LogP contribution < -0.4 is 5.32 Å². The molecule has 1 aliphatic rings. The summed E-state index contributed by atoms with van der Waals surface area (Å²) >= 11 is 0. The number of aromatic nitrogens is 1. The van der Waals surface area contributed by atoms with Crippen molar-refractivity contribution in [3.05, 3.63) is 42.2 Å². The minimum atomic E-state index is -1.01. The zero-order chi connectivity index (χ0) is 17.5. The fraction of sp³-hybridized carbons (Fsp3) is 0.412. The lowest BCUT2D eigenvalue weighted by Crippen LogP contribution is -2.51. The number of rotatable bonds is 5. The predicted molar refractivity (Wildman–Crippen MR) is 86.8 cm³/mol. The number of aliphatic carboxylic acids is 1. The van der Waals surface area contributed by atoms with Crippen LogP contribution in [-0.4, -0.2) is 45.4 Å². The number of likely N-dealkylation sites (tertiary alicyclic amines) is 1. The summed E-state index contributed by atoms with van der Waals surface area (Å²) in [4.78, 5) is 40.6. The fourth-order valence-electron chi connectivity index (χ4n) is 2.81. The minimum absolute atomic E-state index is 0.104. The van der Waals surface area contributed by atoms with Crippen LogP contribution in [0.15, 0.2) is 36.7 Å². The van der Waals surface area contributed by atoms with Crippen LogP contribution in [0.5, 0.6) is 0 Å². The molecule has 128 valence electrons. The van der Waals surface area contributed by atoms with E-state index < -0.39 is 23.8 Å². The van der Waals surface area contributed by atoms with Crippen LogP contribution in [0, 0.1) is 5.92 Å². The molecule has 0 aliphatic carbocycles. The number of amides is 2. The van der Waals surface area contributed by atoms with Gasteiger partial charge in [0.05, 0.1) is 0 Å². The number of hydrogen-bond acceptors (Lipinski definition) is 4. The molecule has 24 heavy (non-hydrogen) atoms. The summed E-state index contributed by atoms with van der Waals surface area (Å²) in [5, 5.41) is 12.0. The largest absolute Gasteiger partial charge is 0.480 e. The maximum absolute atomic E-state index is 12.2. The zero-order valence-electron chi connectivity index (χ0n) is 13.5. The van der Waals surface area contributed by atoms with E-state index in [4.69, 9.17) is 0 Å². The second kappa shape index (κ2) is 8.24. The van der Waals surface area contributed by atoms with Crippen LogP contribution in [-0.2, 0) is 20.9 Å². The van der Waals surface area contributed by atoms with Crippen LogP contribution in [0.3, 0.4) is 0 Å². The predicted octanol–water partition coefficient (Wildman–Crippen LogP) is 0.966. The van der Waals surface area contributed by atoms with Crippen molar-refractivity contribution in [2.75, 3.05) is 6.54 Å². The van der Waals surface area contributed by atoms with E-state index in [1.807, 2.05) is 13.0 Å². The van der Waals surface area contributed by atoms with Gasteiger partial charge in [-0.15, -0.1) is 0 Å². The highest BCUT2D eigenvalue weighted by atomic mass is 16.4. The van der Waals surface area contributed by atoms with Crippen molar-refractivity contribution in [1.82, 2.24) is 15.2 Å². The van der Waals surface area contributed by atoms with Gasteiger partial charge in [0.25, 0.3) is 0 Å². The molecule has 1 saturated heterocycles. The molecule has 0 bridgehead atoms. The molecule has 1 fully saturated rings. The first-order chi connectivity index (χ1) is 11.5. The summed E-state index contributed by atoms with van der Waals surface area (Å²) in [6.07, 6.45) is 7.08. The normalized spacial score (nSPS) is 20.8. The molecule has 0 aromatic carbocycles. The standard InChI is InChI=1S/C17H21N3O4/c1-12-4-3-9-20(16(12)17(23)24)15(22)7-6-14(21)19-11-13-5-2-8-18-10-13/h2,5-8,10,12,16H,3-4,9,11H2,1H3,(H,19,21)(H,23,24)/b7-6+. The molecule has 1 aliphatic heterocycles. The molecule has 2 atom stereocenters. The summed E-state index contributed by atoms with van der Waals surface area (Å²) in [7, 11) is 0. The number of nitrogens with one attached hydrogen (secondary N) is 1. The number of carbonyl (C=O) groups is 3. The molecule has 7 heteroatoms. The lowest BCUT2D eigenvalue weighted by Gasteiger charge is -2.36. The molecule has 0 spiro atoms. The molecule has 0 saturated carbocycles. The molecule has 2 N–H and O–H groups in total. The molecule has 1 aromatic rings. The Labute approximate surface area is 140 Å². The Bertz CT molecular complexity index is 630. The van der Waals surface area contributed by atoms with E-state index in [1.165, 1.54) is 4.90 Å². The van der Waals surface area contributed by atoms with E-state index in [-0.39, 0.29) is 5.92 Å². The Hall–Kier alpha value is -2.70. The van der Waals surface area contributed by atoms with E-state index in [0.717, 1.165) is 30.6 Å². The highest BCUT2D eigenvalue weighted by Crippen LogP contribution is 2.23. The van der Waals surface area contributed by atoms with Gasteiger partial charge in [0, 0.05) is 37.6 Å². The minimum Gasteiger partial charge on any atom is -0.480 e. The molecule has 2 heterocycles. The second-order valence-electron chi connectivity index (χ2n) is 5.85. The summed E-state index contributed by atoms with van der Waals surface area (Å²) < 4.78 is 0. The monoisotopic (exact) mass is 331 g/mol. The third kappa shape index (κ3) is 4.65. The van der Waals surface area contributed by atoms with Crippen molar-refractivity contribution in [3.8, 4) is 0 Å². The van der Waals surface area contributed by atoms with E-state index in [0.29, 0.717) is 13.1 Å². The van der Waals surface area contributed by atoms with Crippen molar-refractivity contribution in [3.63, 3.8) is 0 Å². The number of nitrogens with zero attached hydrogens (tertiary/aromatic N) is 2. The summed E-state index contributed by atoms with van der Waals surface area (Å²) in [6.45, 7) is 2.52. The Kier molecular flexibility index (Phi) is 6.06. The first-order valence-corrected chi connectivity index (χ1v) is 7.87. The molecule has 1 aromatic heterocycles. The quantitative estimate of drug-likeness (QED) is 0.783. The molecule has 2 amide bonds. The van der Waals surface area contributed by atoms with Gasteiger partial charge in [-0.3, -0.25) is 14.6 Å². The number of piperidine rings is 1. The highest BCUT2D eigenvalue weighted by Gasteiger charge is 2.36. The van der Waals surface area contributed by atoms with Gasteiger partial charge in [-0.1, -0.05) is 13.0 Å². The fourth-order valence-corrected chi connectivity index (χ4v) is 2.81. The zero-order valence-corrected chi connectivity index (χ0v) is 13.5. The van der Waals surface area contributed by atoms with Crippen molar-refractivity contribution in [2.24, 2.45) is 5.92 Å². The highest BCUT2D eigenvalue weighted by molar-refractivity contribution is 5.98. The Morgan fingerprint density at radius 3 is 2.88 bits per heavy atom. The molecule has 0 radical (unpaired) electrons. The van der Waals surface area contributed by atoms with Crippen molar-refractivity contribution >= 4 is 17.8 Å². The molecular formula is C17H21N3O4. The van der Waals surface area contributed by atoms with Gasteiger partial charge >= 0.3 is 5.97 Å². The Morgan fingerprint density at radius 2 is 2.21 bits per heavy atom. The SMILES string of the molecule is CC1CCCN(C(=O)/C=C/C(=O)NCc2cccnc2)C1C(=O)O. The molecule has 2 rings (SSSR count). The smallest absolute Gasteiger partial charge is 0.326 e. The van der Waals surface area contributed by atoms with Gasteiger partial charge in [-0.2, -0.15) is 0 Å². The van der Waals surface area contributed by atoms with E-state index in [1.54, 1.807) is 18.5 Å². The van der Waals surface area contributed by atoms with E-state index in [9.17, 15) is 19.5 Å². The lowest BCUT2D eigenvalue weighted by molar-refractivity contribution is -0.152. The first-order valence-electron chi connectivity index (χ1n) is 7.87. The van der Waals surface area contributed by atoms with Crippen LogP contribution >= 0.6 is 0 Å². The van der Waals surface area contributed by atoms with Gasteiger partial charge in [0.2, 0.25) is 11.8 Å². The average Bonchev–Trinajstić information content (AvgIpc) is 2.58. The van der Waals surface area contributed by atoms with E-state index >= 15 is 0 Å². The van der Waals surface area contributed by atoms with Crippen molar-refractivity contribution < 1.29 is 19.5 Å². The first kappa shape index (κ1) is 17.7. The number of pyridine rings is 1. The van der Waals surface area contributed by atoms with Crippen molar-refractivity contribution in [1.29, 1.82) is 0 Å². The van der Waals surface area contributed by atoms with Gasteiger partial charge in [-0.25, -0.2) is 4.79 Å². The molecular weight excluding hydrogens is 310 g/mol. The second-order valence-corrected chi connectivity index (χ2v) is 5.85. The van der Waals surface area contributed by atoms with Crippen LogP contribution in [0.25, 0.3) is 0 Å². The molecule has 2 unspecified atom stereocenters. The van der Waals surface area contributed by atoms with Crippen molar-refractivity contribution in [2.45, 2.75) is 32.4 Å². The Balaban J connectivity index is 1.91. The number of carboxylic acids is 1. The van der Waals surface area contributed by atoms with Crippen LogP contribution in [0.4, 0.5) is 0 Å². The Morgan fingerprint density at radius 1 is 1.42 bits per heavy atom. The van der Waals surface area contributed by atoms with Crippen LogP contribution in [0.2, 0.25) is 0 Å². The number of carbonyl (C=O) groups excluding carboxylic acids is 2. The lowest BCUT2D eigenvalue weighted by atomic mass is 9.90. The summed E-state index contributed by atoms with van der Waals surface area (Å²) in [5.41, 5.74) is 0.848. The van der Waals surface area contributed by atoms with Gasteiger partial charge in [-0.05, 0) is 30.4 Å². The third-order valence-electron chi connectivity index (χ3n) is 4.04.